The van der Waals surface area contributed by atoms with Crippen LogP contribution in [0.15, 0.2) is 17.1 Å². The Hall–Kier alpha value is -1.79. The maximum atomic E-state index is 12.9. The van der Waals surface area contributed by atoms with Gasteiger partial charge in [-0.3, -0.25) is 4.79 Å². The van der Waals surface area contributed by atoms with Crippen LogP contribution in [0.2, 0.25) is 0 Å². The van der Waals surface area contributed by atoms with Crippen LogP contribution in [0.25, 0.3) is 0 Å². The second-order valence-electron chi connectivity index (χ2n) is 5.29. The van der Waals surface area contributed by atoms with Gasteiger partial charge in [0.25, 0.3) is 5.56 Å². The number of aromatic nitrogens is 1. The molecule has 0 saturated heterocycles. The topological polar surface area (TPSA) is 59.3 Å². The number of pyridine rings is 1. The van der Waals surface area contributed by atoms with Crippen LogP contribution in [0, 0.1) is 5.92 Å². The van der Waals surface area contributed by atoms with Crippen LogP contribution < -0.4 is 5.56 Å². The Morgan fingerprint density at radius 2 is 1.95 bits per heavy atom. The smallest absolute Gasteiger partial charge is 0.416 e. The highest BCUT2D eigenvalue weighted by atomic mass is 19.4. The monoisotopic (exact) mass is 305 g/mol. The second kappa shape index (κ2) is 6.32. The zero-order chi connectivity index (χ0) is 16.4. The minimum atomic E-state index is -4.62. The number of aliphatic carboxylic acids is 1. The van der Waals surface area contributed by atoms with Gasteiger partial charge < -0.3 is 9.67 Å². The van der Waals surface area contributed by atoms with Crippen LogP contribution in [0.3, 0.4) is 0 Å². The van der Waals surface area contributed by atoms with E-state index in [1.807, 2.05) is 0 Å². The van der Waals surface area contributed by atoms with Crippen LogP contribution in [0.5, 0.6) is 0 Å². The predicted molar refractivity (Wildman–Crippen MR) is 71.2 cm³/mol. The average Bonchev–Trinajstić information content (AvgIpc) is 2.34. The molecule has 0 aliphatic carbocycles. The van der Waals surface area contributed by atoms with E-state index in [1.165, 1.54) is 6.92 Å². The molecule has 118 valence electrons. The Labute approximate surface area is 120 Å². The van der Waals surface area contributed by atoms with Crippen LogP contribution in [0.4, 0.5) is 13.2 Å². The summed E-state index contributed by atoms with van der Waals surface area (Å²) in [7, 11) is 0. The zero-order valence-corrected chi connectivity index (χ0v) is 12.1. The molecule has 0 amide bonds. The van der Waals surface area contributed by atoms with Crippen molar-refractivity contribution >= 4 is 5.97 Å². The molecular formula is C14H18F3NO3. The van der Waals surface area contributed by atoms with Crippen molar-refractivity contribution in [2.75, 3.05) is 0 Å². The molecule has 0 bridgehead atoms. The van der Waals surface area contributed by atoms with Gasteiger partial charge in [-0.25, -0.2) is 4.79 Å². The number of alkyl halides is 3. The van der Waals surface area contributed by atoms with Gasteiger partial charge in [-0.1, -0.05) is 20.8 Å². The molecular weight excluding hydrogens is 287 g/mol. The lowest BCUT2D eigenvalue weighted by molar-refractivity contribution is -0.141. The fraction of sp³-hybridized carbons (Fsp3) is 0.571. The normalized spacial score (nSPS) is 13.5. The number of aryl methyl sites for hydroxylation is 1. The quantitative estimate of drug-likeness (QED) is 0.909. The molecule has 0 fully saturated rings. The number of hydrogen-bond donors (Lipinski definition) is 1. The third kappa shape index (κ3) is 4.09. The summed E-state index contributed by atoms with van der Waals surface area (Å²) in [5.74, 6) is -1.24. The minimum Gasteiger partial charge on any atom is -0.480 e. The maximum absolute atomic E-state index is 12.9. The van der Waals surface area contributed by atoms with Crippen LogP contribution in [-0.2, 0) is 17.4 Å². The first kappa shape index (κ1) is 17.3. The second-order valence-corrected chi connectivity index (χ2v) is 5.29. The lowest BCUT2D eigenvalue weighted by Gasteiger charge is -2.20. The first-order valence-corrected chi connectivity index (χ1v) is 6.63. The summed E-state index contributed by atoms with van der Waals surface area (Å²) in [6, 6.07) is -0.681. The van der Waals surface area contributed by atoms with Crippen molar-refractivity contribution in [3.8, 4) is 0 Å². The Morgan fingerprint density at radius 3 is 2.33 bits per heavy atom. The molecule has 7 heteroatoms. The third-order valence-electron chi connectivity index (χ3n) is 3.16. The predicted octanol–water partition coefficient (Wildman–Crippen LogP) is 3.10. The molecule has 21 heavy (non-hydrogen) atoms. The first-order chi connectivity index (χ1) is 9.57. The van der Waals surface area contributed by atoms with E-state index in [1.54, 1.807) is 13.8 Å². The third-order valence-corrected chi connectivity index (χ3v) is 3.16. The summed E-state index contributed by atoms with van der Waals surface area (Å²) in [5.41, 5.74) is -2.04. The average molecular weight is 305 g/mol. The van der Waals surface area contributed by atoms with Gasteiger partial charge in [0.15, 0.2) is 0 Å². The van der Waals surface area contributed by atoms with Crippen molar-refractivity contribution in [2.45, 2.75) is 45.8 Å². The molecule has 0 saturated carbocycles. The van der Waals surface area contributed by atoms with Crippen LogP contribution in [0.1, 0.15) is 44.4 Å². The van der Waals surface area contributed by atoms with E-state index in [0.717, 1.165) is 10.8 Å². The lowest BCUT2D eigenvalue weighted by Crippen LogP contribution is -2.32. The van der Waals surface area contributed by atoms with Crippen molar-refractivity contribution in [3.63, 3.8) is 0 Å². The van der Waals surface area contributed by atoms with E-state index in [-0.39, 0.29) is 24.3 Å². The molecule has 4 nitrogen and oxygen atoms in total. The SMILES string of the molecule is CCc1cn(C(CC(C)C)C(=O)O)c(=O)cc1C(F)(F)F. The number of carbonyl (C=O) groups is 1. The van der Waals surface area contributed by atoms with E-state index in [0.29, 0.717) is 6.07 Å². The van der Waals surface area contributed by atoms with Crippen molar-refractivity contribution in [3.05, 3.63) is 33.7 Å². The number of rotatable bonds is 5. The van der Waals surface area contributed by atoms with Crippen molar-refractivity contribution in [2.24, 2.45) is 5.92 Å². The number of halogens is 3. The molecule has 1 rings (SSSR count). The van der Waals surface area contributed by atoms with E-state index in [2.05, 4.69) is 0 Å². The molecule has 1 unspecified atom stereocenters. The highest BCUT2D eigenvalue weighted by Gasteiger charge is 2.34. The summed E-state index contributed by atoms with van der Waals surface area (Å²) in [6.45, 7) is 5.09. The maximum Gasteiger partial charge on any atom is 0.416 e. The lowest BCUT2D eigenvalue weighted by atomic mass is 10.0. The Kier molecular flexibility index (Phi) is 5.20. The number of carboxylic acids is 1. The van der Waals surface area contributed by atoms with Crippen molar-refractivity contribution in [1.82, 2.24) is 4.57 Å². The Bertz CT molecular complexity index is 576. The van der Waals surface area contributed by atoms with Crippen LogP contribution >= 0.6 is 0 Å². The Balaban J connectivity index is 3.44. The fourth-order valence-electron chi connectivity index (χ4n) is 2.16. The van der Waals surface area contributed by atoms with Crippen molar-refractivity contribution in [1.29, 1.82) is 0 Å². The van der Waals surface area contributed by atoms with E-state index in [9.17, 15) is 27.9 Å². The minimum absolute atomic E-state index is 0.00892. The van der Waals surface area contributed by atoms with E-state index in [4.69, 9.17) is 0 Å². The number of nitrogens with zero attached hydrogens (tertiary/aromatic N) is 1. The van der Waals surface area contributed by atoms with Crippen molar-refractivity contribution < 1.29 is 23.1 Å². The summed E-state index contributed by atoms with van der Waals surface area (Å²) >= 11 is 0. The first-order valence-electron chi connectivity index (χ1n) is 6.63. The Morgan fingerprint density at radius 1 is 1.38 bits per heavy atom. The van der Waals surface area contributed by atoms with Gasteiger partial charge in [0.2, 0.25) is 0 Å². The molecule has 1 atom stereocenters. The van der Waals surface area contributed by atoms with Gasteiger partial charge in [0.05, 0.1) is 5.56 Å². The molecule has 1 aromatic heterocycles. The van der Waals surface area contributed by atoms with Gasteiger partial charge in [-0.05, 0) is 24.3 Å². The molecule has 0 radical (unpaired) electrons. The summed E-state index contributed by atoms with van der Waals surface area (Å²) < 4.78 is 39.4. The largest absolute Gasteiger partial charge is 0.480 e. The molecule has 1 N–H and O–H groups in total. The van der Waals surface area contributed by atoms with Crippen LogP contribution in [-0.4, -0.2) is 15.6 Å². The zero-order valence-electron chi connectivity index (χ0n) is 12.1. The summed E-state index contributed by atoms with van der Waals surface area (Å²) in [6.07, 6.45) is -3.38. The molecule has 1 heterocycles. The molecule has 0 aromatic carbocycles. The summed E-state index contributed by atoms with van der Waals surface area (Å²) in [4.78, 5) is 23.2. The highest BCUT2D eigenvalue weighted by molar-refractivity contribution is 5.71. The van der Waals surface area contributed by atoms with E-state index >= 15 is 0 Å². The summed E-state index contributed by atoms with van der Waals surface area (Å²) in [5, 5.41) is 9.21. The number of carboxylic acid groups (broad SMARTS) is 1. The number of hydrogen-bond acceptors (Lipinski definition) is 2. The van der Waals surface area contributed by atoms with Gasteiger partial charge in [-0.2, -0.15) is 13.2 Å². The van der Waals surface area contributed by atoms with Gasteiger partial charge in [0.1, 0.15) is 6.04 Å². The highest BCUT2D eigenvalue weighted by Crippen LogP contribution is 2.31. The molecule has 0 aliphatic rings. The van der Waals surface area contributed by atoms with Gasteiger partial charge in [-0.15, -0.1) is 0 Å². The fourth-order valence-corrected chi connectivity index (χ4v) is 2.16. The molecule has 0 aliphatic heterocycles. The molecule has 0 spiro atoms. The van der Waals surface area contributed by atoms with Gasteiger partial charge in [0, 0.05) is 12.3 Å². The molecule has 1 aromatic rings. The van der Waals surface area contributed by atoms with E-state index < -0.39 is 29.3 Å². The standard InChI is InChI=1S/C14H18F3NO3/c1-4-9-7-18(11(13(20)21)5-8(2)3)12(19)6-10(9)14(15,16)17/h6-8,11H,4-5H2,1-3H3,(H,20,21). The van der Waals surface area contributed by atoms with Gasteiger partial charge >= 0.3 is 12.1 Å².